The highest BCUT2D eigenvalue weighted by Gasteiger charge is 2.09. The minimum Gasteiger partial charge on any atom is -0.339 e. The fourth-order valence-electron chi connectivity index (χ4n) is 2.45. The van der Waals surface area contributed by atoms with Crippen molar-refractivity contribution in [2.24, 2.45) is 0 Å². The van der Waals surface area contributed by atoms with Crippen LogP contribution in [0.25, 0.3) is 33.7 Å². The molecule has 4 rings (SSSR count). The second-order valence-electron chi connectivity index (χ2n) is 5.15. The summed E-state index contributed by atoms with van der Waals surface area (Å²) < 4.78 is 5.01. The van der Waals surface area contributed by atoms with Crippen LogP contribution in [0.5, 0.6) is 0 Å². The molecule has 23 heavy (non-hydrogen) atoms. The molecule has 0 fully saturated rings. The Morgan fingerprint density at radius 1 is 1.00 bits per heavy atom. The summed E-state index contributed by atoms with van der Waals surface area (Å²) >= 11 is 0. The second kappa shape index (κ2) is 5.17. The fraction of sp³-hybridized carbons (Fsp3) is 0.0588. The minimum atomic E-state index is -0.161. The number of fused-ring (bicyclic) bond motifs is 1. The molecule has 0 saturated carbocycles. The van der Waals surface area contributed by atoms with Gasteiger partial charge in [0, 0.05) is 18.1 Å². The van der Waals surface area contributed by atoms with Crippen LogP contribution in [0.3, 0.4) is 0 Å². The largest absolute Gasteiger partial charge is 0.339 e. The average Bonchev–Trinajstić information content (AvgIpc) is 3.01. The SMILES string of the molecule is Cc1nc(-c2cccc(-c3nc4ccccc4c(=O)[nH]3)c2)no1. The standard InChI is InChI=1S/C17H12N4O2/c1-10-18-16(21-23-10)12-6-4-5-11(9-12)15-19-14-8-3-2-7-13(14)17(22)20-15/h2-9H,1H3,(H,19,20,22). The summed E-state index contributed by atoms with van der Waals surface area (Å²) in [5.41, 5.74) is 2.08. The number of aromatic amines is 1. The molecule has 0 bridgehead atoms. The van der Waals surface area contributed by atoms with Gasteiger partial charge >= 0.3 is 0 Å². The first-order valence-electron chi connectivity index (χ1n) is 7.11. The third-order valence-electron chi connectivity index (χ3n) is 3.53. The predicted molar refractivity (Wildman–Crippen MR) is 85.8 cm³/mol. The van der Waals surface area contributed by atoms with Crippen molar-refractivity contribution in [1.82, 2.24) is 20.1 Å². The van der Waals surface area contributed by atoms with Crippen molar-refractivity contribution in [2.75, 3.05) is 0 Å². The molecule has 6 heteroatoms. The van der Waals surface area contributed by atoms with Gasteiger partial charge in [0.15, 0.2) is 0 Å². The highest BCUT2D eigenvalue weighted by atomic mass is 16.5. The Morgan fingerprint density at radius 2 is 1.83 bits per heavy atom. The van der Waals surface area contributed by atoms with Gasteiger partial charge in [-0.2, -0.15) is 4.98 Å². The Morgan fingerprint density at radius 3 is 2.65 bits per heavy atom. The van der Waals surface area contributed by atoms with Gasteiger partial charge in [0.25, 0.3) is 5.56 Å². The highest BCUT2D eigenvalue weighted by Crippen LogP contribution is 2.22. The van der Waals surface area contributed by atoms with Crippen molar-refractivity contribution in [1.29, 1.82) is 0 Å². The first-order chi connectivity index (χ1) is 11.2. The molecule has 1 N–H and O–H groups in total. The maximum Gasteiger partial charge on any atom is 0.259 e. The topological polar surface area (TPSA) is 84.7 Å². The van der Waals surface area contributed by atoms with Gasteiger partial charge in [-0.1, -0.05) is 35.5 Å². The van der Waals surface area contributed by atoms with Crippen molar-refractivity contribution in [3.8, 4) is 22.8 Å². The quantitative estimate of drug-likeness (QED) is 0.615. The lowest BCUT2D eigenvalue weighted by Gasteiger charge is -2.04. The Hall–Kier alpha value is -3.28. The van der Waals surface area contributed by atoms with Crippen LogP contribution >= 0.6 is 0 Å². The van der Waals surface area contributed by atoms with Gasteiger partial charge < -0.3 is 9.51 Å². The van der Waals surface area contributed by atoms with E-state index in [4.69, 9.17) is 4.52 Å². The fourth-order valence-corrected chi connectivity index (χ4v) is 2.45. The molecule has 0 atom stereocenters. The molecule has 0 aliphatic rings. The number of aryl methyl sites for hydroxylation is 1. The number of aromatic nitrogens is 4. The number of H-pyrrole nitrogens is 1. The molecule has 0 unspecified atom stereocenters. The molecular weight excluding hydrogens is 292 g/mol. The van der Waals surface area contributed by atoms with Gasteiger partial charge in [-0.3, -0.25) is 4.79 Å². The van der Waals surface area contributed by atoms with Crippen LogP contribution in [0.2, 0.25) is 0 Å². The zero-order chi connectivity index (χ0) is 15.8. The first-order valence-corrected chi connectivity index (χ1v) is 7.11. The molecule has 2 aromatic heterocycles. The number of hydrogen-bond donors (Lipinski definition) is 1. The predicted octanol–water partition coefficient (Wildman–Crippen LogP) is 2.95. The van der Waals surface area contributed by atoms with Gasteiger partial charge in [-0.05, 0) is 18.2 Å². The number of para-hydroxylation sites is 1. The summed E-state index contributed by atoms with van der Waals surface area (Å²) in [6.07, 6.45) is 0. The van der Waals surface area contributed by atoms with Crippen LogP contribution in [0, 0.1) is 6.92 Å². The van der Waals surface area contributed by atoms with Crippen molar-refractivity contribution >= 4 is 10.9 Å². The molecule has 0 radical (unpaired) electrons. The van der Waals surface area contributed by atoms with Crippen molar-refractivity contribution in [2.45, 2.75) is 6.92 Å². The number of hydrogen-bond acceptors (Lipinski definition) is 5. The number of rotatable bonds is 2. The van der Waals surface area contributed by atoms with Crippen LogP contribution in [-0.4, -0.2) is 20.1 Å². The van der Waals surface area contributed by atoms with Gasteiger partial charge in [-0.15, -0.1) is 0 Å². The zero-order valence-electron chi connectivity index (χ0n) is 12.3. The minimum absolute atomic E-state index is 0.161. The lowest BCUT2D eigenvalue weighted by Crippen LogP contribution is -2.09. The first kappa shape index (κ1) is 13.4. The van der Waals surface area contributed by atoms with Crippen molar-refractivity contribution in [3.05, 3.63) is 64.8 Å². The Labute approximate surface area is 130 Å². The van der Waals surface area contributed by atoms with Crippen LogP contribution < -0.4 is 5.56 Å². The molecule has 4 aromatic rings. The van der Waals surface area contributed by atoms with E-state index in [0.29, 0.717) is 28.4 Å². The van der Waals surface area contributed by atoms with Gasteiger partial charge in [-0.25, -0.2) is 4.98 Å². The molecular formula is C17H12N4O2. The average molecular weight is 304 g/mol. The second-order valence-corrected chi connectivity index (χ2v) is 5.15. The molecule has 2 heterocycles. The van der Waals surface area contributed by atoms with E-state index in [1.54, 1.807) is 13.0 Å². The Kier molecular flexibility index (Phi) is 3.01. The van der Waals surface area contributed by atoms with E-state index >= 15 is 0 Å². The van der Waals surface area contributed by atoms with Gasteiger partial charge in [0.05, 0.1) is 10.9 Å². The number of nitrogens with one attached hydrogen (secondary N) is 1. The number of benzene rings is 2. The van der Waals surface area contributed by atoms with E-state index in [9.17, 15) is 4.79 Å². The van der Waals surface area contributed by atoms with E-state index in [2.05, 4.69) is 20.1 Å². The highest BCUT2D eigenvalue weighted by molar-refractivity contribution is 5.79. The van der Waals surface area contributed by atoms with Crippen LogP contribution in [0.15, 0.2) is 57.8 Å². The summed E-state index contributed by atoms with van der Waals surface area (Å²) in [5, 5.41) is 4.48. The summed E-state index contributed by atoms with van der Waals surface area (Å²) in [6.45, 7) is 1.74. The molecule has 2 aromatic carbocycles. The summed E-state index contributed by atoms with van der Waals surface area (Å²) in [4.78, 5) is 23.8. The number of nitrogens with zero attached hydrogens (tertiary/aromatic N) is 3. The van der Waals surface area contributed by atoms with E-state index in [1.165, 1.54) is 0 Å². The molecule has 6 nitrogen and oxygen atoms in total. The Bertz CT molecular complexity index is 1070. The van der Waals surface area contributed by atoms with E-state index in [-0.39, 0.29) is 5.56 Å². The van der Waals surface area contributed by atoms with Crippen LogP contribution in [0.1, 0.15) is 5.89 Å². The third-order valence-corrected chi connectivity index (χ3v) is 3.53. The monoisotopic (exact) mass is 304 g/mol. The maximum atomic E-state index is 12.2. The molecule has 0 spiro atoms. The Balaban J connectivity index is 1.86. The van der Waals surface area contributed by atoms with E-state index in [0.717, 1.165) is 11.1 Å². The van der Waals surface area contributed by atoms with Crippen molar-refractivity contribution < 1.29 is 4.52 Å². The smallest absolute Gasteiger partial charge is 0.259 e. The summed E-state index contributed by atoms with van der Waals surface area (Å²) in [5.74, 6) is 1.52. The molecule has 0 aliphatic heterocycles. The molecule has 0 saturated heterocycles. The molecule has 0 aliphatic carbocycles. The maximum absolute atomic E-state index is 12.2. The van der Waals surface area contributed by atoms with Crippen LogP contribution in [-0.2, 0) is 0 Å². The van der Waals surface area contributed by atoms with Crippen molar-refractivity contribution in [3.63, 3.8) is 0 Å². The normalized spacial score (nSPS) is 11.0. The van der Waals surface area contributed by atoms with E-state index in [1.807, 2.05) is 42.5 Å². The summed E-state index contributed by atoms with van der Waals surface area (Å²) in [6, 6.07) is 14.7. The third kappa shape index (κ3) is 2.40. The van der Waals surface area contributed by atoms with Crippen LogP contribution in [0.4, 0.5) is 0 Å². The summed E-state index contributed by atoms with van der Waals surface area (Å²) in [7, 11) is 0. The molecule has 112 valence electrons. The van der Waals surface area contributed by atoms with E-state index < -0.39 is 0 Å². The lowest BCUT2D eigenvalue weighted by atomic mass is 10.1. The molecule has 0 amide bonds. The van der Waals surface area contributed by atoms with Gasteiger partial charge in [0.1, 0.15) is 5.82 Å². The zero-order valence-corrected chi connectivity index (χ0v) is 12.3. The van der Waals surface area contributed by atoms with Gasteiger partial charge in [0.2, 0.25) is 11.7 Å². The lowest BCUT2D eigenvalue weighted by molar-refractivity contribution is 0.394.